The number of hydrogen-bond donors (Lipinski definition) is 1. The van der Waals surface area contributed by atoms with Gasteiger partial charge in [0.05, 0.1) is 14.2 Å². The van der Waals surface area contributed by atoms with Gasteiger partial charge in [0.1, 0.15) is 29.0 Å². The maximum Gasteiger partial charge on any atom is 0.221 e. The maximum absolute atomic E-state index is 11.8. The van der Waals surface area contributed by atoms with Crippen LogP contribution in [0.2, 0.25) is 0 Å². The average Bonchev–Trinajstić information content (AvgIpc) is 3.24. The maximum atomic E-state index is 11.8. The number of nitrogens with one attached hydrogen (secondary N) is 1. The molecule has 6 heteroatoms. The van der Waals surface area contributed by atoms with E-state index < -0.39 is 0 Å². The zero-order valence-corrected chi connectivity index (χ0v) is 16.1. The van der Waals surface area contributed by atoms with Crippen LogP contribution < -0.4 is 14.8 Å². The summed E-state index contributed by atoms with van der Waals surface area (Å²) in [6.07, 6.45) is 0. The normalized spacial score (nSPS) is 10.9. The fourth-order valence-corrected chi connectivity index (χ4v) is 3.10. The van der Waals surface area contributed by atoms with E-state index in [4.69, 9.17) is 18.3 Å². The summed E-state index contributed by atoms with van der Waals surface area (Å²) in [6.45, 7) is 5.23. The van der Waals surface area contributed by atoms with Gasteiger partial charge in [-0.2, -0.15) is 0 Å². The van der Waals surface area contributed by atoms with Gasteiger partial charge >= 0.3 is 0 Å². The third-order valence-corrected chi connectivity index (χ3v) is 4.27. The molecule has 0 radical (unpaired) electrons. The van der Waals surface area contributed by atoms with E-state index in [1.807, 2.05) is 44.2 Å². The predicted molar refractivity (Wildman–Crippen MR) is 102 cm³/mol. The first-order valence-corrected chi connectivity index (χ1v) is 8.59. The molecule has 0 unspecified atom stereocenters. The van der Waals surface area contributed by atoms with Crippen molar-refractivity contribution in [2.45, 2.75) is 26.7 Å². The van der Waals surface area contributed by atoms with Gasteiger partial charge in [-0.05, 0) is 49.7 Å². The second kappa shape index (κ2) is 7.61. The topological polar surface area (TPSA) is 73.8 Å². The molecule has 0 saturated heterocycles. The summed E-state index contributed by atoms with van der Waals surface area (Å²) in [5.41, 5.74) is 1.39. The summed E-state index contributed by atoms with van der Waals surface area (Å²) in [4.78, 5) is 11.8. The quantitative estimate of drug-likeness (QED) is 0.685. The van der Waals surface area contributed by atoms with Crippen LogP contribution in [0.1, 0.15) is 41.4 Å². The number of ether oxygens (including phenoxy) is 2. The first-order valence-electron chi connectivity index (χ1n) is 8.59. The number of methoxy groups -OCH3 is 2. The Labute approximate surface area is 158 Å². The lowest BCUT2D eigenvalue weighted by atomic mass is 9.91. The highest BCUT2D eigenvalue weighted by molar-refractivity contribution is 5.90. The van der Waals surface area contributed by atoms with E-state index in [9.17, 15) is 4.79 Å². The Morgan fingerprint density at radius 3 is 1.85 bits per heavy atom. The number of furan rings is 2. The molecule has 1 N–H and O–H groups in total. The Kier molecular flexibility index (Phi) is 5.26. The van der Waals surface area contributed by atoms with Gasteiger partial charge in [0.15, 0.2) is 11.5 Å². The lowest BCUT2D eigenvalue weighted by Gasteiger charge is -2.20. The van der Waals surface area contributed by atoms with Crippen LogP contribution in [0.25, 0.3) is 0 Å². The number of anilines is 1. The van der Waals surface area contributed by atoms with Crippen molar-refractivity contribution in [3.8, 4) is 11.5 Å². The second-order valence-electron chi connectivity index (χ2n) is 6.31. The fourth-order valence-electron chi connectivity index (χ4n) is 3.10. The van der Waals surface area contributed by atoms with Gasteiger partial charge in [-0.25, -0.2) is 0 Å². The molecule has 142 valence electrons. The first-order chi connectivity index (χ1) is 12.9. The van der Waals surface area contributed by atoms with E-state index >= 15 is 0 Å². The Morgan fingerprint density at radius 2 is 1.44 bits per heavy atom. The Morgan fingerprint density at radius 1 is 0.926 bits per heavy atom. The molecule has 2 aromatic heterocycles. The van der Waals surface area contributed by atoms with Gasteiger partial charge in [0.25, 0.3) is 0 Å². The number of carbonyl (C=O) groups is 1. The highest BCUT2D eigenvalue weighted by atomic mass is 16.5. The van der Waals surface area contributed by atoms with Gasteiger partial charge in [-0.3, -0.25) is 4.79 Å². The SMILES string of the molecule is COc1cc(NC(C)=O)c(C(c2ccc(C)o2)c2ccc(C)o2)cc1OC. The van der Waals surface area contributed by atoms with Crippen molar-refractivity contribution in [1.82, 2.24) is 0 Å². The molecule has 0 fully saturated rings. The van der Waals surface area contributed by atoms with E-state index in [-0.39, 0.29) is 11.8 Å². The standard InChI is InChI=1S/C21H23NO5/c1-12-6-8-17(26-12)21(18-9-7-13(2)27-18)15-10-19(24-4)20(25-5)11-16(15)22-14(3)23/h6-11,21H,1-5H3,(H,22,23). The van der Waals surface area contributed by atoms with Crippen molar-refractivity contribution >= 4 is 11.6 Å². The minimum absolute atomic E-state index is 0.187. The van der Waals surface area contributed by atoms with Crippen LogP contribution in [0.4, 0.5) is 5.69 Å². The lowest BCUT2D eigenvalue weighted by Crippen LogP contribution is -2.12. The van der Waals surface area contributed by atoms with Crippen molar-refractivity contribution < 1.29 is 23.1 Å². The molecule has 3 rings (SSSR count). The minimum Gasteiger partial charge on any atom is -0.493 e. The molecule has 1 amide bonds. The summed E-state index contributed by atoms with van der Waals surface area (Å²) in [6, 6.07) is 11.2. The molecule has 0 aliphatic carbocycles. The van der Waals surface area contributed by atoms with Crippen molar-refractivity contribution in [3.05, 3.63) is 65.0 Å². The largest absolute Gasteiger partial charge is 0.493 e. The van der Waals surface area contributed by atoms with Gasteiger partial charge in [0, 0.05) is 18.7 Å². The molecule has 1 aromatic carbocycles. The Bertz CT molecular complexity index is 913. The van der Waals surface area contributed by atoms with Gasteiger partial charge in [-0.1, -0.05) is 0 Å². The number of rotatable bonds is 6. The Hall–Kier alpha value is -3.15. The molecular weight excluding hydrogens is 346 g/mol. The molecule has 2 heterocycles. The molecule has 0 bridgehead atoms. The molecular formula is C21H23NO5. The number of hydrogen-bond acceptors (Lipinski definition) is 5. The minimum atomic E-state index is -0.353. The van der Waals surface area contributed by atoms with Crippen molar-refractivity contribution in [3.63, 3.8) is 0 Å². The summed E-state index contributed by atoms with van der Waals surface area (Å²) >= 11 is 0. The molecule has 0 saturated carbocycles. The lowest BCUT2D eigenvalue weighted by molar-refractivity contribution is -0.114. The Balaban J connectivity index is 2.25. The molecule has 0 aliphatic heterocycles. The van der Waals surface area contributed by atoms with Crippen LogP contribution in [0, 0.1) is 13.8 Å². The third-order valence-electron chi connectivity index (χ3n) is 4.27. The smallest absolute Gasteiger partial charge is 0.221 e. The van der Waals surface area contributed by atoms with E-state index in [2.05, 4.69) is 5.32 Å². The monoisotopic (exact) mass is 369 g/mol. The molecule has 0 aliphatic rings. The zero-order valence-electron chi connectivity index (χ0n) is 16.1. The molecule has 27 heavy (non-hydrogen) atoms. The predicted octanol–water partition coefficient (Wildman–Crippen LogP) is 4.65. The highest BCUT2D eigenvalue weighted by Crippen LogP contribution is 2.42. The van der Waals surface area contributed by atoms with Gasteiger partial charge < -0.3 is 23.6 Å². The van der Waals surface area contributed by atoms with Crippen molar-refractivity contribution in [2.75, 3.05) is 19.5 Å². The van der Waals surface area contributed by atoms with Crippen LogP contribution >= 0.6 is 0 Å². The van der Waals surface area contributed by atoms with E-state index in [1.54, 1.807) is 20.3 Å². The summed E-state index contributed by atoms with van der Waals surface area (Å²) in [5, 5.41) is 2.88. The zero-order chi connectivity index (χ0) is 19.6. The van der Waals surface area contributed by atoms with Gasteiger partial charge in [0.2, 0.25) is 5.91 Å². The summed E-state index contributed by atoms with van der Waals surface area (Å²) in [7, 11) is 3.13. The molecule has 3 aromatic rings. The van der Waals surface area contributed by atoms with E-state index in [0.29, 0.717) is 28.7 Å². The molecule has 0 spiro atoms. The number of amides is 1. The number of aryl methyl sites for hydroxylation is 2. The summed E-state index contributed by atoms with van der Waals surface area (Å²) < 4.78 is 22.7. The summed E-state index contributed by atoms with van der Waals surface area (Å²) in [5.74, 6) is 3.54. The average molecular weight is 369 g/mol. The van der Waals surface area contributed by atoms with E-state index in [0.717, 1.165) is 17.1 Å². The van der Waals surface area contributed by atoms with Crippen LogP contribution in [0.3, 0.4) is 0 Å². The van der Waals surface area contributed by atoms with Crippen LogP contribution in [-0.2, 0) is 4.79 Å². The van der Waals surface area contributed by atoms with Crippen LogP contribution in [-0.4, -0.2) is 20.1 Å². The van der Waals surface area contributed by atoms with Crippen LogP contribution in [0.15, 0.2) is 45.2 Å². The van der Waals surface area contributed by atoms with Gasteiger partial charge in [-0.15, -0.1) is 0 Å². The van der Waals surface area contributed by atoms with Crippen molar-refractivity contribution in [1.29, 1.82) is 0 Å². The number of carbonyl (C=O) groups excluding carboxylic acids is 1. The second-order valence-corrected chi connectivity index (χ2v) is 6.31. The highest BCUT2D eigenvalue weighted by Gasteiger charge is 2.28. The first kappa shape index (κ1) is 18.6. The third kappa shape index (κ3) is 3.84. The van der Waals surface area contributed by atoms with E-state index in [1.165, 1.54) is 6.92 Å². The van der Waals surface area contributed by atoms with Crippen LogP contribution in [0.5, 0.6) is 11.5 Å². The fraction of sp³-hybridized carbons (Fsp3) is 0.286. The van der Waals surface area contributed by atoms with Crippen molar-refractivity contribution in [2.24, 2.45) is 0 Å². The molecule has 6 nitrogen and oxygen atoms in total. The number of benzene rings is 1. The molecule has 0 atom stereocenters.